The predicted molar refractivity (Wildman–Crippen MR) is 106 cm³/mol. The molecule has 1 atom stereocenters. The molecule has 0 spiro atoms. The van der Waals surface area contributed by atoms with E-state index in [1.54, 1.807) is 0 Å². The molecule has 4 rings (SSSR count). The zero-order valence-corrected chi connectivity index (χ0v) is 15.7. The third-order valence-electron chi connectivity index (χ3n) is 4.66. The molecule has 3 aromatic rings. The number of aromatic amines is 1. The molecule has 0 bridgehead atoms. The average Bonchev–Trinajstić information content (AvgIpc) is 3.24. The number of hydrogen-bond donors (Lipinski definition) is 1. The van der Waals surface area contributed by atoms with Gasteiger partial charge < -0.3 is 0 Å². The number of thiophene rings is 1. The van der Waals surface area contributed by atoms with Gasteiger partial charge >= 0.3 is 0 Å². The van der Waals surface area contributed by atoms with E-state index in [-0.39, 0.29) is 0 Å². The van der Waals surface area contributed by atoms with Crippen LogP contribution in [0.25, 0.3) is 12.2 Å². The van der Waals surface area contributed by atoms with Gasteiger partial charge in [0, 0.05) is 17.5 Å². The van der Waals surface area contributed by atoms with Gasteiger partial charge in [0.2, 0.25) is 4.77 Å². The zero-order chi connectivity index (χ0) is 17.2. The van der Waals surface area contributed by atoms with Gasteiger partial charge in [-0.2, -0.15) is 4.98 Å². The first-order chi connectivity index (χ1) is 12.2. The molecular weight excluding hydrogens is 348 g/mol. The zero-order valence-electron chi connectivity index (χ0n) is 14.1. The molecule has 0 saturated heterocycles. The van der Waals surface area contributed by atoms with Crippen LogP contribution >= 0.6 is 23.6 Å². The predicted octanol–water partition coefficient (Wildman–Crippen LogP) is 4.75. The Morgan fingerprint density at radius 3 is 2.96 bits per heavy atom. The summed E-state index contributed by atoms with van der Waals surface area (Å²) in [7, 11) is 0. The third kappa shape index (κ3) is 3.51. The second kappa shape index (κ2) is 7.07. The number of benzene rings is 1. The summed E-state index contributed by atoms with van der Waals surface area (Å²) in [4.78, 5) is 8.42. The summed E-state index contributed by atoms with van der Waals surface area (Å²) in [6.45, 7) is 4.05. The number of rotatable bonds is 4. The average molecular weight is 369 g/mol. The van der Waals surface area contributed by atoms with Gasteiger partial charge in [-0.05, 0) is 54.2 Å². The Balaban J connectivity index is 1.50. The second-order valence-corrected chi connectivity index (χ2v) is 7.61. The Bertz CT molecular complexity index is 936. The molecule has 3 heterocycles. The van der Waals surface area contributed by atoms with Crippen LogP contribution in [0.15, 0.2) is 41.8 Å². The maximum absolute atomic E-state index is 5.43. The summed E-state index contributed by atoms with van der Waals surface area (Å²) in [6, 6.07) is 12.8. The van der Waals surface area contributed by atoms with Crippen molar-refractivity contribution in [3.63, 3.8) is 0 Å². The number of H-pyrrole nitrogens is 1. The van der Waals surface area contributed by atoms with E-state index in [1.807, 2.05) is 46.4 Å². The molecule has 0 amide bonds. The summed E-state index contributed by atoms with van der Waals surface area (Å²) >= 11 is 7.30. The van der Waals surface area contributed by atoms with Crippen molar-refractivity contribution in [3.8, 4) is 0 Å². The highest BCUT2D eigenvalue weighted by molar-refractivity contribution is 7.71. The smallest absolute Gasteiger partial charge is 0.217 e. The molecule has 0 saturated carbocycles. The Morgan fingerprint density at radius 2 is 2.12 bits per heavy atom. The fourth-order valence-electron chi connectivity index (χ4n) is 3.22. The molecule has 1 N–H and O–H groups in total. The number of hydrogen-bond acceptors (Lipinski definition) is 4. The molecule has 128 valence electrons. The largest absolute Gasteiger partial charge is 0.278 e. The van der Waals surface area contributed by atoms with E-state index in [0.717, 1.165) is 31.0 Å². The molecule has 0 radical (unpaired) electrons. The quantitative estimate of drug-likeness (QED) is 0.675. The summed E-state index contributed by atoms with van der Waals surface area (Å²) < 4.78 is 2.55. The van der Waals surface area contributed by atoms with Crippen LogP contribution in [0.1, 0.15) is 34.8 Å². The fraction of sp³-hybridized carbons (Fsp3) is 0.263. The summed E-state index contributed by atoms with van der Waals surface area (Å²) in [5.41, 5.74) is 2.59. The first-order valence-corrected chi connectivity index (χ1v) is 9.70. The van der Waals surface area contributed by atoms with Crippen LogP contribution in [0.3, 0.4) is 0 Å². The van der Waals surface area contributed by atoms with Crippen LogP contribution in [0.4, 0.5) is 0 Å². The Kier molecular flexibility index (Phi) is 4.65. The number of nitrogens with one attached hydrogen (secondary N) is 1. The Labute approximate surface area is 156 Å². The standard InChI is InChI=1S/C19H20N4S2/c1-14-16-10-12-25-17(16)9-11-22(14)13-23-19(24)20-18(21-23)8-7-15-5-3-2-4-6-15/h2-8,10,12,14H,9,11,13H2,1H3,(H,20,21,24)/b8-7+. The van der Waals surface area contributed by atoms with Crippen molar-refractivity contribution < 1.29 is 0 Å². The van der Waals surface area contributed by atoms with E-state index in [2.05, 4.69) is 45.5 Å². The van der Waals surface area contributed by atoms with E-state index in [4.69, 9.17) is 12.2 Å². The number of fused-ring (bicyclic) bond motifs is 1. The topological polar surface area (TPSA) is 36.9 Å². The fourth-order valence-corrected chi connectivity index (χ4v) is 4.38. The molecule has 4 nitrogen and oxygen atoms in total. The minimum absolute atomic E-state index is 0.406. The lowest BCUT2D eigenvalue weighted by molar-refractivity contribution is 0.144. The lowest BCUT2D eigenvalue weighted by Gasteiger charge is -2.33. The van der Waals surface area contributed by atoms with Gasteiger partial charge in [-0.25, -0.2) is 4.68 Å². The van der Waals surface area contributed by atoms with Gasteiger partial charge in [0.25, 0.3) is 0 Å². The molecular formula is C19H20N4S2. The molecule has 0 fully saturated rings. The Morgan fingerprint density at radius 1 is 1.28 bits per heavy atom. The monoisotopic (exact) mass is 368 g/mol. The molecule has 25 heavy (non-hydrogen) atoms. The summed E-state index contributed by atoms with van der Waals surface area (Å²) in [5, 5.41) is 5.51. The van der Waals surface area contributed by atoms with Crippen molar-refractivity contribution in [2.75, 3.05) is 6.54 Å². The van der Waals surface area contributed by atoms with Crippen LogP contribution in [0, 0.1) is 4.77 Å². The van der Waals surface area contributed by atoms with Gasteiger partial charge in [-0.15, -0.1) is 11.3 Å². The van der Waals surface area contributed by atoms with Crippen molar-refractivity contribution in [2.45, 2.75) is 26.1 Å². The maximum atomic E-state index is 5.43. The molecule has 1 aliphatic rings. The van der Waals surface area contributed by atoms with Gasteiger partial charge in [0.1, 0.15) is 5.82 Å². The molecule has 2 aromatic heterocycles. The molecule has 6 heteroatoms. The van der Waals surface area contributed by atoms with Crippen molar-refractivity contribution in [1.82, 2.24) is 19.7 Å². The van der Waals surface area contributed by atoms with E-state index in [1.165, 1.54) is 10.4 Å². The lowest BCUT2D eigenvalue weighted by atomic mass is 10.0. The normalized spacial score (nSPS) is 17.9. The first kappa shape index (κ1) is 16.4. The lowest BCUT2D eigenvalue weighted by Crippen LogP contribution is -2.35. The van der Waals surface area contributed by atoms with Crippen molar-refractivity contribution in [1.29, 1.82) is 0 Å². The SMILES string of the molecule is CC1c2ccsc2CCN1Cn1[nH]c(/C=C/c2ccccc2)nc1=S. The van der Waals surface area contributed by atoms with Crippen molar-refractivity contribution >= 4 is 35.7 Å². The van der Waals surface area contributed by atoms with Gasteiger partial charge in [0.05, 0.1) is 6.67 Å². The highest BCUT2D eigenvalue weighted by atomic mass is 32.1. The minimum atomic E-state index is 0.406. The van der Waals surface area contributed by atoms with E-state index >= 15 is 0 Å². The maximum Gasteiger partial charge on any atom is 0.217 e. The van der Waals surface area contributed by atoms with Gasteiger partial charge in [-0.1, -0.05) is 36.4 Å². The minimum Gasteiger partial charge on any atom is -0.278 e. The molecule has 1 unspecified atom stereocenters. The van der Waals surface area contributed by atoms with Crippen molar-refractivity contribution in [3.05, 3.63) is 68.4 Å². The number of aromatic nitrogens is 3. The Hall–Kier alpha value is -2.02. The second-order valence-electron chi connectivity index (χ2n) is 6.24. The van der Waals surface area contributed by atoms with Crippen LogP contribution in [-0.4, -0.2) is 26.2 Å². The highest BCUT2D eigenvalue weighted by Crippen LogP contribution is 2.32. The van der Waals surface area contributed by atoms with Crippen LogP contribution < -0.4 is 0 Å². The van der Waals surface area contributed by atoms with Crippen molar-refractivity contribution in [2.24, 2.45) is 0 Å². The van der Waals surface area contributed by atoms with Crippen LogP contribution in [-0.2, 0) is 13.1 Å². The van der Waals surface area contributed by atoms with Gasteiger partial charge in [0.15, 0.2) is 0 Å². The summed E-state index contributed by atoms with van der Waals surface area (Å²) in [5.74, 6) is 0.787. The van der Waals surface area contributed by atoms with Gasteiger partial charge in [-0.3, -0.25) is 10.00 Å². The van der Waals surface area contributed by atoms with E-state index < -0.39 is 0 Å². The van der Waals surface area contributed by atoms with Crippen LogP contribution in [0.2, 0.25) is 0 Å². The first-order valence-electron chi connectivity index (χ1n) is 8.41. The highest BCUT2D eigenvalue weighted by Gasteiger charge is 2.25. The molecule has 0 aliphatic carbocycles. The summed E-state index contributed by atoms with van der Waals surface area (Å²) in [6.07, 6.45) is 5.12. The molecule has 1 aromatic carbocycles. The van der Waals surface area contributed by atoms with Crippen LogP contribution in [0.5, 0.6) is 0 Å². The molecule has 1 aliphatic heterocycles. The number of nitrogens with zero attached hydrogens (tertiary/aromatic N) is 3. The van der Waals surface area contributed by atoms with E-state index in [0.29, 0.717) is 10.8 Å². The van der Waals surface area contributed by atoms with E-state index in [9.17, 15) is 0 Å². The third-order valence-corrected chi connectivity index (χ3v) is 5.96.